The largest absolute Gasteiger partial charge is 0.419 e. The van der Waals surface area contributed by atoms with E-state index in [4.69, 9.17) is 9.15 Å². The molecule has 1 N–H and O–H groups in total. The molecule has 2 unspecified atom stereocenters. The fraction of sp³-hybridized carbons (Fsp3) is 0.500. The van der Waals surface area contributed by atoms with Crippen molar-refractivity contribution in [2.24, 2.45) is 7.05 Å². The molecule has 0 amide bonds. The summed E-state index contributed by atoms with van der Waals surface area (Å²) in [5, 5.41) is 10.5. The van der Waals surface area contributed by atoms with Crippen LogP contribution in [0.1, 0.15) is 31.4 Å². The average molecular weight is 263 g/mol. The number of rotatable bonds is 2. The van der Waals surface area contributed by atoms with Gasteiger partial charge in [0.2, 0.25) is 0 Å². The Morgan fingerprint density at radius 3 is 2.95 bits per heavy atom. The summed E-state index contributed by atoms with van der Waals surface area (Å²) in [6.07, 6.45) is 1.06. The predicted octanol–water partition coefficient (Wildman–Crippen LogP) is 1.73. The lowest BCUT2D eigenvalue weighted by Crippen LogP contribution is -2.31. The minimum atomic E-state index is -0.718. The second-order valence-electron chi connectivity index (χ2n) is 5.32. The van der Waals surface area contributed by atoms with Gasteiger partial charge in [-0.1, -0.05) is 6.07 Å². The van der Waals surface area contributed by atoms with Crippen LogP contribution in [0.4, 0.5) is 0 Å². The molecule has 1 aliphatic rings. The lowest BCUT2D eigenvalue weighted by molar-refractivity contribution is -0.0795. The van der Waals surface area contributed by atoms with Gasteiger partial charge in [0.15, 0.2) is 5.58 Å². The second-order valence-corrected chi connectivity index (χ2v) is 5.32. The van der Waals surface area contributed by atoms with E-state index in [0.717, 1.165) is 18.4 Å². The van der Waals surface area contributed by atoms with Crippen LogP contribution in [0.3, 0.4) is 0 Å². The molecule has 2 aromatic rings. The van der Waals surface area contributed by atoms with Crippen molar-refractivity contribution in [1.82, 2.24) is 4.57 Å². The van der Waals surface area contributed by atoms with Crippen molar-refractivity contribution in [3.8, 4) is 0 Å². The number of hydrogen-bond donors (Lipinski definition) is 1. The standard InChI is InChI=1S/C14H17NO4/c1-14(6-3-7-18-14)12(16)9-4-5-10-11(8-9)19-13(17)15(10)2/h4-5,8,12,16H,3,6-7H2,1-2H3. The van der Waals surface area contributed by atoms with Crippen LogP contribution in [0.5, 0.6) is 0 Å². The molecule has 2 atom stereocenters. The highest BCUT2D eigenvalue weighted by molar-refractivity contribution is 5.73. The zero-order chi connectivity index (χ0) is 13.6. The summed E-state index contributed by atoms with van der Waals surface area (Å²) in [6, 6.07) is 5.32. The molecule has 1 aromatic heterocycles. The fourth-order valence-corrected chi connectivity index (χ4v) is 2.69. The number of hydrogen-bond acceptors (Lipinski definition) is 4. The van der Waals surface area contributed by atoms with E-state index < -0.39 is 17.5 Å². The van der Waals surface area contributed by atoms with E-state index >= 15 is 0 Å². The van der Waals surface area contributed by atoms with Gasteiger partial charge in [-0.15, -0.1) is 0 Å². The van der Waals surface area contributed by atoms with Crippen LogP contribution in [0.15, 0.2) is 27.4 Å². The Kier molecular flexibility index (Phi) is 2.76. The molecule has 102 valence electrons. The van der Waals surface area contributed by atoms with E-state index in [1.54, 1.807) is 19.2 Å². The number of aromatic nitrogens is 1. The van der Waals surface area contributed by atoms with Gasteiger partial charge in [-0.05, 0) is 37.5 Å². The molecule has 0 bridgehead atoms. The highest BCUT2D eigenvalue weighted by Crippen LogP contribution is 2.37. The van der Waals surface area contributed by atoms with E-state index in [0.29, 0.717) is 17.8 Å². The van der Waals surface area contributed by atoms with Crippen molar-refractivity contribution >= 4 is 11.1 Å². The highest BCUT2D eigenvalue weighted by Gasteiger charge is 2.38. The van der Waals surface area contributed by atoms with Gasteiger partial charge in [0, 0.05) is 13.7 Å². The first-order chi connectivity index (χ1) is 9.01. The third kappa shape index (κ3) is 1.89. The lowest BCUT2D eigenvalue weighted by atomic mass is 9.90. The van der Waals surface area contributed by atoms with E-state index in [1.165, 1.54) is 4.57 Å². The zero-order valence-electron chi connectivity index (χ0n) is 11.0. The number of benzene rings is 1. The van der Waals surface area contributed by atoms with Gasteiger partial charge in [-0.25, -0.2) is 4.79 Å². The van der Waals surface area contributed by atoms with Gasteiger partial charge in [-0.2, -0.15) is 0 Å². The molecule has 0 aliphatic carbocycles. The van der Waals surface area contributed by atoms with Crippen molar-refractivity contribution in [1.29, 1.82) is 0 Å². The Morgan fingerprint density at radius 1 is 1.47 bits per heavy atom. The van der Waals surface area contributed by atoms with Crippen LogP contribution in [0.2, 0.25) is 0 Å². The summed E-state index contributed by atoms with van der Waals surface area (Å²) in [6.45, 7) is 2.59. The van der Waals surface area contributed by atoms with Gasteiger partial charge in [0.1, 0.15) is 6.10 Å². The van der Waals surface area contributed by atoms with Crippen LogP contribution in [0, 0.1) is 0 Å². The first kappa shape index (κ1) is 12.4. The normalized spacial score (nSPS) is 25.0. The van der Waals surface area contributed by atoms with Crippen molar-refractivity contribution in [3.05, 3.63) is 34.3 Å². The number of ether oxygens (including phenoxy) is 1. The second kappa shape index (κ2) is 4.21. The van der Waals surface area contributed by atoms with Crippen LogP contribution >= 0.6 is 0 Å². The molecule has 1 aliphatic heterocycles. The summed E-state index contributed by atoms with van der Waals surface area (Å²) in [5.41, 5.74) is 1.37. The smallest absolute Gasteiger partial charge is 0.408 e. The summed E-state index contributed by atoms with van der Waals surface area (Å²) < 4.78 is 12.2. The van der Waals surface area contributed by atoms with E-state index in [1.807, 2.05) is 13.0 Å². The molecular formula is C14H17NO4. The molecule has 3 rings (SSSR count). The van der Waals surface area contributed by atoms with Crippen molar-refractivity contribution in [2.75, 3.05) is 6.61 Å². The average Bonchev–Trinajstić information content (AvgIpc) is 2.95. The summed E-state index contributed by atoms with van der Waals surface area (Å²) in [5.74, 6) is -0.398. The molecule has 1 saturated heterocycles. The molecule has 1 aromatic carbocycles. The highest BCUT2D eigenvalue weighted by atomic mass is 16.5. The predicted molar refractivity (Wildman–Crippen MR) is 70.0 cm³/mol. The Morgan fingerprint density at radius 2 is 2.26 bits per heavy atom. The SMILES string of the molecule is Cn1c(=O)oc2cc(C(O)C3(C)CCCO3)ccc21. The van der Waals surface area contributed by atoms with Crippen molar-refractivity contribution < 1.29 is 14.3 Å². The Labute approximate surface area is 110 Å². The molecule has 5 heteroatoms. The first-order valence-electron chi connectivity index (χ1n) is 6.43. The molecule has 0 spiro atoms. The van der Waals surface area contributed by atoms with Gasteiger partial charge < -0.3 is 14.3 Å². The Hall–Kier alpha value is -1.59. The van der Waals surface area contributed by atoms with Gasteiger partial charge >= 0.3 is 5.76 Å². The molecule has 1 fully saturated rings. The summed E-state index contributed by atoms with van der Waals surface area (Å²) in [7, 11) is 1.66. The maximum absolute atomic E-state index is 11.4. The molecule has 5 nitrogen and oxygen atoms in total. The molecule has 2 heterocycles. The number of aliphatic hydroxyl groups is 1. The quantitative estimate of drug-likeness (QED) is 0.896. The fourth-order valence-electron chi connectivity index (χ4n) is 2.69. The number of fused-ring (bicyclic) bond motifs is 1. The van der Waals surface area contributed by atoms with Crippen LogP contribution in [0.25, 0.3) is 11.1 Å². The number of aliphatic hydroxyl groups excluding tert-OH is 1. The third-order valence-corrected chi connectivity index (χ3v) is 3.96. The molecular weight excluding hydrogens is 246 g/mol. The van der Waals surface area contributed by atoms with E-state index in [2.05, 4.69) is 0 Å². The number of oxazole rings is 1. The van der Waals surface area contributed by atoms with E-state index in [9.17, 15) is 9.90 Å². The first-order valence-corrected chi connectivity index (χ1v) is 6.43. The third-order valence-electron chi connectivity index (χ3n) is 3.96. The lowest BCUT2D eigenvalue weighted by Gasteiger charge is -2.29. The molecule has 0 radical (unpaired) electrons. The van der Waals surface area contributed by atoms with Gasteiger partial charge in [0.25, 0.3) is 0 Å². The van der Waals surface area contributed by atoms with E-state index in [-0.39, 0.29) is 0 Å². The maximum Gasteiger partial charge on any atom is 0.419 e. The maximum atomic E-state index is 11.4. The van der Waals surface area contributed by atoms with Crippen molar-refractivity contribution in [2.45, 2.75) is 31.5 Å². The number of nitrogens with zero attached hydrogens (tertiary/aromatic N) is 1. The minimum Gasteiger partial charge on any atom is -0.408 e. The zero-order valence-corrected chi connectivity index (χ0v) is 11.0. The van der Waals surface area contributed by atoms with Crippen LogP contribution < -0.4 is 5.76 Å². The topological polar surface area (TPSA) is 64.6 Å². The molecule has 19 heavy (non-hydrogen) atoms. The van der Waals surface area contributed by atoms with Crippen molar-refractivity contribution in [3.63, 3.8) is 0 Å². The Balaban J connectivity index is 2.03. The van der Waals surface area contributed by atoms with Gasteiger partial charge in [0.05, 0.1) is 11.1 Å². The van der Waals surface area contributed by atoms with Crippen LogP contribution in [-0.2, 0) is 11.8 Å². The minimum absolute atomic E-state index is 0.398. The summed E-state index contributed by atoms with van der Waals surface area (Å²) in [4.78, 5) is 11.4. The van der Waals surface area contributed by atoms with Gasteiger partial charge in [-0.3, -0.25) is 4.57 Å². The Bertz CT molecular complexity index is 664. The van der Waals surface area contributed by atoms with Crippen LogP contribution in [-0.4, -0.2) is 21.9 Å². The molecule has 0 saturated carbocycles. The number of aryl methyl sites for hydroxylation is 1. The summed E-state index contributed by atoms with van der Waals surface area (Å²) >= 11 is 0. The monoisotopic (exact) mass is 263 g/mol.